The molecule has 0 aromatic rings. The van der Waals surface area contributed by atoms with Crippen molar-refractivity contribution < 1.29 is 27.7 Å². The molecular formula is C7H18O3Ti. The van der Waals surface area contributed by atoms with Crippen molar-refractivity contribution in [2.24, 2.45) is 0 Å². The molecule has 0 aromatic heterocycles. The molecule has 0 fully saturated rings. The first-order chi connectivity index (χ1) is 4.93. The maximum atomic E-state index is 5.34. The summed E-state index contributed by atoms with van der Waals surface area (Å²) in [6.45, 7) is 6.22. The topological polar surface area (TPSA) is 27.7 Å². The molecule has 0 amide bonds. The zero-order valence-electron chi connectivity index (χ0n) is 8.22. The number of rotatable bonds is 3. The Bertz CT molecular complexity index is 107. The van der Waals surface area contributed by atoms with E-state index in [0.717, 1.165) is 0 Å². The second kappa shape index (κ2) is 4.01. The first kappa shape index (κ1) is 11.6. The van der Waals surface area contributed by atoms with Gasteiger partial charge >= 0.3 is 73.5 Å². The molecule has 3 nitrogen and oxygen atoms in total. The summed E-state index contributed by atoms with van der Waals surface area (Å²) in [6, 6.07) is 0. The Morgan fingerprint density at radius 1 is 0.818 bits per heavy atom. The summed E-state index contributed by atoms with van der Waals surface area (Å²) in [7, 11) is 4.95. The third-order valence-corrected chi connectivity index (χ3v) is 7.11. The Morgan fingerprint density at radius 2 is 1.09 bits per heavy atom. The van der Waals surface area contributed by atoms with Crippen LogP contribution in [-0.2, 0) is 27.7 Å². The van der Waals surface area contributed by atoms with Crippen LogP contribution in [0.4, 0.5) is 0 Å². The molecule has 0 spiro atoms. The molecule has 0 saturated heterocycles. The minimum absolute atomic E-state index is 0.0156. The Hall–Kier alpha value is 0.594. The summed E-state index contributed by atoms with van der Waals surface area (Å²) < 4.78 is 16.0. The predicted octanol–water partition coefficient (Wildman–Crippen LogP) is 2.04. The van der Waals surface area contributed by atoms with Crippen molar-refractivity contribution in [2.45, 2.75) is 24.5 Å². The molecule has 0 aliphatic carbocycles. The van der Waals surface area contributed by atoms with Crippen molar-refractivity contribution in [3.8, 4) is 0 Å². The van der Waals surface area contributed by atoms with Gasteiger partial charge in [0, 0.05) is 0 Å². The molecule has 0 aliphatic heterocycles. The first-order valence-electron chi connectivity index (χ1n) is 3.59. The molecule has 0 unspecified atom stereocenters. The van der Waals surface area contributed by atoms with Gasteiger partial charge in [-0.3, -0.25) is 0 Å². The quantitative estimate of drug-likeness (QED) is 0.649. The van der Waals surface area contributed by atoms with Crippen molar-refractivity contribution in [3.05, 3.63) is 0 Å². The Labute approximate surface area is 73.8 Å². The van der Waals surface area contributed by atoms with E-state index in [-0.39, 0.29) is 3.72 Å². The molecule has 0 aliphatic rings. The molecular weight excluding hydrogens is 180 g/mol. The SMILES string of the molecule is C[O][Ti]([O]C)([O]C)[C](C)(C)C. The average Bonchev–Trinajstić information content (AvgIpc) is 1.90. The molecule has 0 radical (unpaired) electrons. The van der Waals surface area contributed by atoms with E-state index in [2.05, 4.69) is 20.8 Å². The Balaban J connectivity index is 4.54. The van der Waals surface area contributed by atoms with Crippen LogP contribution in [-0.4, -0.2) is 21.3 Å². The van der Waals surface area contributed by atoms with E-state index in [1.165, 1.54) is 0 Å². The summed E-state index contributed by atoms with van der Waals surface area (Å²) in [5.74, 6) is 0. The van der Waals surface area contributed by atoms with Crippen LogP contribution < -0.4 is 0 Å². The van der Waals surface area contributed by atoms with Crippen LogP contribution in [0.15, 0.2) is 0 Å². The summed E-state index contributed by atoms with van der Waals surface area (Å²) in [6.07, 6.45) is 0. The van der Waals surface area contributed by atoms with E-state index >= 15 is 0 Å². The fourth-order valence-corrected chi connectivity index (χ4v) is 4.82. The van der Waals surface area contributed by atoms with Gasteiger partial charge in [0.1, 0.15) is 0 Å². The summed E-state index contributed by atoms with van der Waals surface area (Å²) in [5.41, 5.74) is 0. The third kappa shape index (κ3) is 2.26. The molecule has 0 saturated carbocycles. The summed E-state index contributed by atoms with van der Waals surface area (Å²) in [5, 5.41) is 0. The van der Waals surface area contributed by atoms with Crippen LogP contribution in [0.2, 0.25) is 3.72 Å². The van der Waals surface area contributed by atoms with Gasteiger partial charge in [0.05, 0.1) is 0 Å². The van der Waals surface area contributed by atoms with Gasteiger partial charge in [0.2, 0.25) is 0 Å². The second-order valence-electron chi connectivity index (χ2n) is 3.42. The normalized spacial score (nSPS) is 13.6. The van der Waals surface area contributed by atoms with Crippen LogP contribution in [0.25, 0.3) is 0 Å². The standard InChI is InChI=1S/C4H9.3CH3O.Ti/c1-4(2)3;3*1-2;/h1-3H3;3*1H3;/q;3*-1;+3. The zero-order valence-corrected chi connectivity index (χ0v) is 9.79. The molecule has 0 rings (SSSR count). The van der Waals surface area contributed by atoms with Gasteiger partial charge in [-0.2, -0.15) is 0 Å². The van der Waals surface area contributed by atoms with Gasteiger partial charge in [-0.25, -0.2) is 0 Å². The fourth-order valence-electron chi connectivity index (χ4n) is 1.17. The number of hydrogen-bond acceptors (Lipinski definition) is 3. The van der Waals surface area contributed by atoms with Crippen molar-refractivity contribution >= 4 is 0 Å². The van der Waals surface area contributed by atoms with Gasteiger partial charge < -0.3 is 0 Å². The van der Waals surface area contributed by atoms with Crippen LogP contribution in [0.5, 0.6) is 0 Å². The molecule has 11 heavy (non-hydrogen) atoms. The molecule has 0 heterocycles. The predicted molar refractivity (Wildman–Crippen MR) is 40.7 cm³/mol. The van der Waals surface area contributed by atoms with E-state index in [1.54, 1.807) is 21.3 Å². The molecule has 0 atom stereocenters. The first-order valence-corrected chi connectivity index (χ1v) is 6.28. The van der Waals surface area contributed by atoms with Gasteiger partial charge in [-0.05, 0) is 0 Å². The van der Waals surface area contributed by atoms with E-state index in [1.807, 2.05) is 0 Å². The summed E-state index contributed by atoms with van der Waals surface area (Å²) in [4.78, 5) is 0. The van der Waals surface area contributed by atoms with Crippen LogP contribution in [0, 0.1) is 0 Å². The van der Waals surface area contributed by atoms with Crippen molar-refractivity contribution in [3.63, 3.8) is 0 Å². The van der Waals surface area contributed by atoms with E-state index in [9.17, 15) is 0 Å². The Kier molecular flexibility index (Phi) is 4.23. The van der Waals surface area contributed by atoms with Crippen molar-refractivity contribution in [2.75, 3.05) is 21.3 Å². The number of hydrogen-bond donors (Lipinski definition) is 0. The van der Waals surface area contributed by atoms with E-state index in [4.69, 9.17) is 9.96 Å². The van der Waals surface area contributed by atoms with E-state index < -0.39 is 17.8 Å². The van der Waals surface area contributed by atoms with Gasteiger partial charge in [-0.15, -0.1) is 0 Å². The van der Waals surface area contributed by atoms with Gasteiger partial charge in [0.15, 0.2) is 0 Å². The molecule has 0 N–H and O–H groups in total. The molecule has 68 valence electrons. The molecule has 0 bridgehead atoms. The minimum atomic E-state index is -2.94. The monoisotopic (exact) mass is 198 g/mol. The third-order valence-electron chi connectivity index (χ3n) is 1.72. The van der Waals surface area contributed by atoms with Gasteiger partial charge in [-0.1, -0.05) is 0 Å². The van der Waals surface area contributed by atoms with Crippen LogP contribution in [0.1, 0.15) is 20.8 Å². The van der Waals surface area contributed by atoms with Crippen molar-refractivity contribution in [1.82, 2.24) is 0 Å². The summed E-state index contributed by atoms with van der Waals surface area (Å²) >= 11 is -2.94. The average molecular weight is 198 g/mol. The second-order valence-corrected chi connectivity index (χ2v) is 9.41. The van der Waals surface area contributed by atoms with Crippen molar-refractivity contribution in [1.29, 1.82) is 0 Å². The zero-order chi connectivity index (χ0) is 9.12. The van der Waals surface area contributed by atoms with E-state index in [0.29, 0.717) is 0 Å². The van der Waals surface area contributed by atoms with Crippen LogP contribution >= 0.6 is 0 Å². The fraction of sp³-hybridized carbons (Fsp3) is 1.00. The van der Waals surface area contributed by atoms with Crippen LogP contribution in [0.3, 0.4) is 0 Å². The molecule has 4 heteroatoms. The molecule has 0 aromatic carbocycles. The maximum absolute atomic E-state index is 5.34. The Morgan fingerprint density at radius 3 is 1.09 bits per heavy atom. The van der Waals surface area contributed by atoms with Gasteiger partial charge in [0.25, 0.3) is 0 Å².